The van der Waals surface area contributed by atoms with Gasteiger partial charge in [0, 0.05) is 11.6 Å². The molecular weight excluding hydrogens is 265 g/mol. The Hall–Kier alpha value is -1.58. The quantitative estimate of drug-likeness (QED) is 0.882. The predicted molar refractivity (Wildman–Crippen MR) is 75.1 cm³/mol. The van der Waals surface area contributed by atoms with Gasteiger partial charge in [-0.2, -0.15) is 0 Å². The van der Waals surface area contributed by atoms with E-state index in [4.69, 9.17) is 22.1 Å². The molecule has 1 atom stereocenters. The Morgan fingerprint density at radius 2 is 1.84 bits per heavy atom. The number of hydrogen-bond donors (Lipinski definition) is 1. The molecule has 100 valence electrons. The number of benzene rings is 2. The van der Waals surface area contributed by atoms with Gasteiger partial charge in [-0.05, 0) is 24.6 Å². The van der Waals surface area contributed by atoms with Crippen LogP contribution in [0.3, 0.4) is 0 Å². The molecule has 1 unspecified atom stereocenters. The van der Waals surface area contributed by atoms with Crippen molar-refractivity contribution in [2.75, 3.05) is 0 Å². The molecule has 0 saturated carbocycles. The molecule has 0 aliphatic rings. The minimum absolute atomic E-state index is 0.0368. The van der Waals surface area contributed by atoms with Gasteiger partial charge in [-0.25, -0.2) is 4.39 Å². The first kappa shape index (κ1) is 13.8. The van der Waals surface area contributed by atoms with Gasteiger partial charge in [0.15, 0.2) is 11.6 Å². The van der Waals surface area contributed by atoms with Crippen molar-refractivity contribution in [3.8, 4) is 11.5 Å². The maximum Gasteiger partial charge on any atom is 0.184 e. The second-order valence-corrected chi connectivity index (χ2v) is 4.61. The van der Waals surface area contributed by atoms with Crippen molar-refractivity contribution < 1.29 is 9.13 Å². The molecule has 0 heterocycles. The van der Waals surface area contributed by atoms with Crippen LogP contribution >= 0.6 is 11.6 Å². The second-order valence-electron chi connectivity index (χ2n) is 4.21. The molecule has 2 rings (SSSR count). The van der Waals surface area contributed by atoms with E-state index in [9.17, 15) is 4.39 Å². The van der Waals surface area contributed by atoms with E-state index in [1.165, 1.54) is 12.1 Å². The van der Waals surface area contributed by atoms with Crippen LogP contribution < -0.4 is 10.5 Å². The summed E-state index contributed by atoms with van der Waals surface area (Å²) in [6.07, 6.45) is 0.776. The molecule has 2 aromatic rings. The molecule has 4 heteroatoms. The topological polar surface area (TPSA) is 35.2 Å². The van der Waals surface area contributed by atoms with Crippen LogP contribution in [0.4, 0.5) is 4.39 Å². The highest BCUT2D eigenvalue weighted by molar-refractivity contribution is 6.30. The Morgan fingerprint density at radius 3 is 2.58 bits per heavy atom. The van der Waals surface area contributed by atoms with Crippen LogP contribution in [0.5, 0.6) is 11.5 Å². The monoisotopic (exact) mass is 279 g/mol. The summed E-state index contributed by atoms with van der Waals surface area (Å²) in [5.41, 5.74) is 6.87. The molecule has 0 bridgehead atoms. The fourth-order valence-electron chi connectivity index (χ4n) is 1.78. The third-order valence-electron chi connectivity index (χ3n) is 2.89. The number of nitrogens with two attached hydrogens (primary N) is 1. The summed E-state index contributed by atoms with van der Waals surface area (Å²) < 4.78 is 19.4. The molecule has 0 saturated heterocycles. The van der Waals surface area contributed by atoms with Crippen LogP contribution in [0.2, 0.25) is 5.02 Å². The van der Waals surface area contributed by atoms with E-state index in [0.717, 1.165) is 12.0 Å². The van der Waals surface area contributed by atoms with E-state index in [2.05, 4.69) is 0 Å². The van der Waals surface area contributed by atoms with E-state index < -0.39 is 5.82 Å². The van der Waals surface area contributed by atoms with Crippen molar-refractivity contribution in [2.45, 2.75) is 19.4 Å². The van der Waals surface area contributed by atoms with Crippen molar-refractivity contribution in [3.63, 3.8) is 0 Å². The van der Waals surface area contributed by atoms with Gasteiger partial charge >= 0.3 is 0 Å². The minimum atomic E-state index is -0.566. The lowest BCUT2D eigenvalue weighted by atomic mass is 10.0. The van der Waals surface area contributed by atoms with Gasteiger partial charge in [0.1, 0.15) is 5.75 Å². The third-order valence-corrected chi connectivity index (χ3v) is 3.19. The zero-order chi connectivity index (χ0) is 13.8. The summed E-state index contributed by atoms with van der Waals surface area (Å²) in [5, 5.41) is 0.0368. The first-order valence-corrected chi connectivity index (χ1v) is 6.47. The summed E-state index contributed by atoms with van der Waals surface area (Å²) in [5.74, 6) is 0.0882. The van der Waals surface area contributed by atoms with Gasteiger partial charge in [-0.1, -0.05) is 42.8 Å². The largest absolute Gasteiger partial charge is 0.454 e. The van der Waals surface area contributed by atoms with Crippen LogP contribution in [0.25, 0.3) is 0 Å². The van der Waals surface area contributed by atoms with E-state index in [1.54, 1.807) is 12.1 Å². The van der Waals surface area contributed by atoms with Gasteiger partial charge in [0.2, 0.25) is 0 Å². The fraction of sp³-hybridized carbons (Fsp3) is 0.200. The molecule has 2 aromatic carbocycles. The van der Waals surface area contributed by atoms with E-state index in [-0.39, 0.29) is 16.8 Å². The van der Waals surface area contributed by atoms with E-state index in [0.29, 0.717) is 5.75 Å². The summed E-state index contributed by atoms with van der Waals surface area (Å²) in [4.78, 5) is 0. The Bertz CT molecular complexity index is 574. The summed E-state index contributed by atoms with van der Waals surface area (Å²) in [6, 6.07) is 11.9. The number of rotatable bonds is 4. The summed E-state index contributed by atoms with van der Waals surface area (Å²) in [7, 11) is 0. The molecule has 0 aliphatic heterocycles. The molecule has 0 amide bonds. The molecule has 2 nitrogen and oxygen atoms in total. The van der Waals surface area contributed by atoms with E-state index >= 15 is 0 Å². The normalized spacial score (nSPS) is 12.2. The van der Waals surface area contributed by atoms with Gasteiger partial charge in [-0.3, -0.25) is 0 Å². The summed E-state index contributed by atoms with van der Waals surface area (Å²) in [6.45, 7) is 1.99. The molecule has 0 aliphatic carbocycles. The van der Waals surface area contributed by atoms with Gasteiger partial charge in [-0.15, -0.1) is 0 Å². The predicted octanol–water partition coefficient (Wildman–Crippen LogP) is 4.68. The molecule has 0 spiro atoms. The fourth-order valence-corrected chi connectivity index (χ4v) is 1.95. The first-order valence-electron chi connectivity index (χ1n) is 6.09. The van der Waals surface area contributed by atoms with Crippen molar-refractivity contribution in [3.05, 3.63) is 58.9 Å². The lowest BCUT2D eigenvalue weighted by Gasteiger charge is -2.15. The van der Waals surface area contributed by atoms with Gasteiger partial charge in [0.05, 0.1) is 5.02 Å². The van der Waals surface area contributed by atoms with Crippen molar-refractivity contribution in [1.29, 1.82) is 0 Å². The highest BCUT2D eigenvalue weighted by Crippen LogP contribution is 2.33. The second kappa shape index (κ2) is 6.04. The highest BCUT2D eigenvalue weighted by Gasteiger charge is 2.13. The molecular formula is C15H15ClFNO. The first-order chi connectivity index (χ1) is 9.13. The van der Waals surface area contributed by atoms with Crippen LogP contribution in [-0.2, 0) is 0 Å². The number of hydrogen-bond acceptors (Lipinski definition) is 2. The van der Waals surface area contributed by atoms with Crippen LogP contribution in [0, 0.1) is 5.82 Å². The van der Waals surface area contributed by atoms with Crippen LogP contribution in [-0.4, -0.2) is 0 Å². The Labute approximate surface area is 117 Å². The minimum Gasteiger partial charge on any atom is -0.454 e. The average Bonchev–Trinajstić information content (AvgIpc) is 2.43. The number of para-hydroxylation sites is 1. The average molecular weight is 280 g/mol. The highest BCUT2D eigenvalue weighted by atomic mass is 35.5. The van der Waals surface area contributed by atoms with Crippen molar-refractivity contribution in [1.82, 2.24) is 0 Å². The number of ether oxygens (including phenoxy) is 1. The zero-order valence-corrected chi connectivity index (χ0v) is 11.3. The molecule has 2 N–H and O–H groups in total. The SMILES string of the molecule is CCC(N)c1ccccc1Oc1cccc(Cl)c1F. The summed E-state index contributed by atoms with van der Waals surface area (Å²) >= 11 is 5.73. The maximum atomic E-state index is 13.8. The van der Waals surface area contributed by atoms with Crippen LogP contribution in [0.15, 0.2) is 42.5 Å². The van der Waals surface area contributed by atoms with Crippen molar-refractivity contribution in [2.24, 2.45) is 5.73 Å². The molecule has 0 aromatic heterocycles. The van der Waals surface area contributed by atoms with Gasteiger partial charge in [0.25, 0.3) is 0 Å². The molecule has 19 heavy (non-hydrogen) atoms. The Balaban J connectivity index is 2.36. The Morgan fingerprint density at radius 1 is 1.16 bits per heavy atom. The Kier molecular flexibility index (Phi) is 4.40. The lowest BCUT2D eigenvalue weighted by Crippen LogP contribution is -2.09. The van der Waals surface area contributed by atoms with Crippen molar-refractivity contribution >= 4 is 11.6 Å². The standard InChI is InChI=1S/C15H15ClFNO/c1-2-12(18)10-6-3-4-8-13(10)19-14-9-5-7-11(16)15(14)17/h3-9,12H,2,18H2,1H3. The zero-order valence-electron chi connectivity index (χ0n) is 10.6. The molecule has 0 radical (unpaired) electrons. The van der Waals surface area contributed by atoms with Gasteiger partial charge < -0.3 is 10.5 Å². The lowest BCUT2D eigenvalue weighted by molar-refractivity contribution is 0.433. The smallest absolute Gasteiger partial charge is 0.184 e. The third kappa shape index (κ3) is 3.06. The van der Waals surface area contributed by atoms with E-state index in [1.807, 2.05) is 25.1 Å². The van der Waals surface area contributed by atoms with Crippen LogP contribution in [0.1, 0.15) is 24.9 Å². The number of halogens is 2. The molecule has 0 fully saturated rings. The maximum absolute atomic E-state index is 13.8.